The van der Waals surface area contributed by atoms with Crippen LogP contribution in [0.25, 0.3) is 0 Å². The molecule has 0 aromatic carbocycles. The van der Waals surface area contributed by atoms with Crippen molar-refractivity contribution in [3.05, 3.63) is 16.8 Å². The lowest BCUT2D eigenvalue weighted by molar-refractivity contribution is -0.214. The molecule has 16 nitrogen and oxygen atoms in total. The number of aliphatic hydroxyl groups excluding tert-OH is 2. The lowest BCUT2D eigenvalue weighted by Gasteiger charge is -2.29. The number of hydrogen-bond acceptors (Lipinski definition) is 12. The van der Waals surface area contributed by atoms with Gasteiger partial charge >= 0.3 is 23.5 Å². The molecule has 6 atom stereocenters. The summed E-state index contributed by atoms with van der Waals surface area (Å²) in [7, 11) is -17.2. The molecule has 21 heteroatoms. The number of aliphatic hydroxyl groups is 2. The van der Waals surface area contributed by atoms with E-state index in [9.17, 15) is 33.2 Å². The Morgan fingerprint density at radius 1 is 1.23 bits per heavy atom. The molecule has 1 saturated heterocycles. The van der Waals surface area contributed by atoms with Gasteiger partial charge in [0.05, 0.1) is 0 Å². The van der Waals surface area contributed by atoms with Gasteiger partial charge < -0.3 is 40.3 Å². The van der Waals surface area contributed by atoms with Crippen LogP contribution in [0.4, 0.5) is 10.2 Å². The van der Waals surface area contributed by atoms with Gasteiger partial charge in [-0.3, -0.25) is 9.09 Å². The fraction of sp³-hybridized carbons (Fsp3) is 0.556. The SMILES string of the molecule is C[C@]1(OP(=O)(O)OP(=O)(O)OP(=O)(O)O)O[C@@H](n2cc(F)c(N)nc2=S)[C@@H](O)[C@H]1O. The van der Waals surface area contributed by atoms with Crippen molar-refractivity contribution < 1.29 is 65.8 Å². The van der Waals surface area contributed by atoms with Crippen LogP contribution in [0.15, 0.2) is 6.20 Å². The van der Waals surface area contributed by atoms with E-state index in [1.165, 1.54) is 0 Å². The summed E-state index contributed by atoms with van der Waals surface area (Å²) < 4.78 is 64.7. The van der Waals surface area contributed by atoms with E-state index in [0.717, 1.165) is 6.92 Å². The molecule has 1 aliphatic heterocycles. The maximum Gasteiger partial charge on any atom is 0.490 e. The van der Waals surface area contributed by atoms with Crippen molar-refractivity contribution in [1.82, 2.24) is 9.55 Å². The highest BCUT2D eigenvalue weighted by Crippen LogP contribution is 2.67. The number of aromatic nitrogens is 2. The van der Waals surface area contributed by atoms with Gasteiger partial charge in [-0.15, -0.1) is 0 Å². The number of nitrogens with zero attached hydrogens (tertiary/aromatic N) is 2. The first-order valence-corrected chi connectivity index (χ1v) is 12.2. The largest absolute Gasteiger partial charge is 0.490 e. The summed E-state index contributed by atoms with van der Waals surface area (Å²) in [6, 6.07) is 0. The van der Waals surface area contributed by atoms with Crippen molar-refractivity contribution in [1.29, 1.82) is 0 Å². The Morgan fingerprint density at radius 3 is 2.33 bits per heavy atom. The molecule has 2 heterocycles. The van der Waals surface area contributed by atoms with Crippen molar-refractivity contribution >= 4 is 41.5 Å². The highest BCUT2D eigenvalue weighted by Gasteiger charge is 2.57. The van der Waals surface area contributed by atoms with E-state index in [-0.39, 0.29) is 0 Å². The number of nitrogen functional groups attached to an aromatic ring is 1. The number of rotatable bonds is 7. The van der Waals surface area contributed by atoms with Gasteiger partial charge in [0.2, 0.25) is 10.6 Å². The van der Waals surface area contributed by atoms with Crippen molar-refractivity contribution in [3.63, 3.8) is 0 Å². The second-order valence-electron chi connectivity index (χ2n) is 5.81. The number of phosphoric ester groups is 1. The number of anilines is 1. The van der Waals surface area contributed by atoms with Crippen LogP contribution in [0.3, 0.4) is 0 Å². The van der Waals surface area contributed by atoms with E-state index in [1.807, 2.05) is 0 Å². The number of hydrogen-bond donors (Lipinski definition) is 7. The molecule has 30 heavy (non-hydrogen) atoms. The van der Waals surface area contributed by atoms with E-state index in [1.54, 1.807) is 0 Å². The highest BCUT2D eigenvalue weighted by molar-refractivity contribution is 7.71. The second kappa shape index (κ2) is 8.35. The molecular weight excluding hydrogens is 502 g/mol. The van der Waals surface area contributed by atoms with Crippen LogP contribution in [-0.4, -0.2) is 57.3 Å². The Labute approximate surface area is 171 Å². The zero-order valence-electron chi connectivity index (χ0n) is 14.5. The van der Waals surface area contributed by atoms with Gasteiger partial charge in [0, 0.05) is 6.20 Å². The molecule has 8 N–H and O–H groups in total. The maximum absolute atomic E-state index is 13.7. The summed E-state index contributed by atoms with van der Waals surface area (Å²) >= 11 is 4.84. The van der Waals surface area contributed by atoms with E-state index in [2.05, 4.69) is 18.1 Å². The Morgan fingerprint density at radius 2 is 1.80 bits per heavy atom. The highest BCUT2D eigenvalue weighted by atomic mass is 32.1. The van der Waals surface area contributed by atoms with Crippen LogP contribution in [0.1, 0.15) is 13.2 Å². The average molecular weight is 517 g/mol. The van der Waals surface area contributed by atoms with Gasteiger partial charge in [0.25, 0.3) is 0 Å². The number of halogens is 1. The van der Waals surface area contributed by atoms with Crippen LogP contribution in [0.5, 0.6) is 0 Å². The normalized spacial score (nSPS) is 31.3. The summed E-state index contributed by atoms with van der Waals surface area (Å²) in [5, 5.41) is 20.3. The predicted molar refractivity (Wildman–Crippen MR) is 92.9 cm³/mol. The van der Waals surface area contributed by atoms with E-state index < -0.39 is 64.1 Å². The van der Waals surface area contributed by atoms with E-state index >= 15 is 0 Å². The van der Waals surface area contributed by atoms with Gasteiger partial charge in [-0.1, -0.05) is 0 Å². The summed E-state index contributed by atoms with van der Waals surface area (Å²) in [6.45, 7) is 0.782. The Kier molecular flexibility index (Phi) is 7.12. The number of phosphoric acid groups is 3. The summed E-state index contributed by atoms with van der Waals surface area (Å²) in [5.41, 5.74) is 5.24. The third kappa shape index (κ3) is 5.97. The molecule has 1 aliphatic rings. The quantitative estimate of drug-likeness (QED) is 0.180. The monoisotopic (exact) mass is 517 g/mol. The molecule has 2 rings (SSSR count). The fourth-order valence-electron chi connectivity index (χ4n) is 2.31. The van der Waals surface area contributed by atoms with Gasteiger partial charge in [0.15, 0.2) is 17.9 Å². The molecule has 0 bridgehead atoms. The van der Waals surface area contributed by atoms with E-state index in [0.29, 0.717) is 10.8 Å². The summed E-state index contributed by atoms with van der Waals surface area (Å²) in [6.07, 6.45) is -5.22. The van der Waals surface area contributed by atoms with Crippen LogP contribution >= 0.6 is 35.7 Å². The molecule has 0 aliphatic carbocycles. The summed E-state index contributed by atoms with van der Waals surface area (Å²) in [4.78, 5) is 39.2. The summed E-state index contributed by atoms with van der Waals surface area (Å²) in [5.74, 6) is -4.32. The molecule has 0 radical (unpaired) electrons. The molecule has 1 aromatic heterocycles. The maximum atomic E-state index is 13.7. The first-order chi connectivity index (χ1) is 13.4. The van der Waals surface area contributed by atoms with Gasteiger partial charge in [-0.2, -0.15) is 13.6 Å². The lowest BCUT2D eigenvalue weighted by atomic mass is 10.1. The predicted octanol–water partition coefficient (Wildman–Crippen LogP) is -0.356. The Bertz CT molecular complexity index is 1030. The van der Waals surface area contributed by atoms with Gasteiger partial charge in [0.1, 0.15) is 12.2 Å². The molecule has 1 aromatic rings. The molecular formula is C9H15FN3O13P3S. The molecule has 172 valence electrons. The minimum atomic E-state index is -5.85. The zero-order valence-corrected chi connectivity index (χ0v) is 17.9. The topological polar surface area (TPSA) is 253 Å². The van der Waals surface area contributed by atoms with Crippen molar-refractivity contribution in [2.45, 2.75) is 31.1 Å². The number of nitrogens with two attached hydrogens (primary N) is 1. The third-order valence-electron chi connectivity index (χ3n) is 3.43. The third-order valence-corrected chi connectivity index (χ3v) is 7.65. The number of ether oxygens (including phenoxy) is 1. The second-order valence-corrected chi connectivity index (χ2v) is 10.5. The van der Waals surface area contributed by atoms with E-state index in [4.69, 9.17) is 37.4 Å². The lowest BCUT2D eigenvalue weighted by Crippen LogP contribution is -2.42. The zero-order chi connectivity index (χ0) is 23.3. The first-order valence-electron chi connectivity index (χ1n) is 7.28. The smallest absolute Gasteiger partial charge is 0.385 e. The Balaban J connectivity index is 2.29. The fourth-order valence-corrected chi connectivity index (χ4v) is 5.81. The van der Waals surface area contributed by atoms with Crippen LogP contribution in [0, 0.1) is 10.6 Å². The average Bonchev–Trinajstić information content (AvgIpc) is 2.70. The molecule has 1 fully saturated rings. The Hall–Kier alpha value is -0.680. The first kappa shape index (κ1) is 25.6. The van der Waals surface area contributed by atoms with Crippen LogP contribution in [-0.2, 0) is 31.6 Å². The van der Waals surface area contributed by atoms with Gasteiger partial charge in [-0.25, -0.2) is 18.1 Å². The van der Waals surface area contributed by atoms with Crippen molar-refractivity contribution in [2.75, 3.05) is 5.73 Å². The minimum absolute atomic E-state index is 0.423. The van der Waals surface area contributed by atoms with Crippen molar-refractivity contribution in [3.8, 4) is 0 Å². The molecule has 0 amide bonds. The standard InChI is InChI=1S/C9H15FN3O13P3S/c1-9(24-28(19,20)26-29(21,22)25-27(16,17)18)5(15)4(14)7(23-9)13-2-3(10)6(11)12-8(13)30/h2,4-5,7,14-15H,1H3,(H,19,20)(H,21,22)(H2,11,12,30)(H2,16,17,18)/t4-,5+,7+,9+/m0/s1. The molecule has 2 unspecified atom stereocenters. The molecule has 0 spiro atoms. The minimum Gasteiger partial charge on any atom is -0.385 e. The van der Waals surface area contributed by atoms with Crippen LogP contribution < -0.4 is 5.73 Å². The van der Waals surface area contributed by atoms with Gasteiger partial charge in [-0.05, 0) is 19.1 Å². The van der Waals surface area contributed by atoms with Crippen molar-refractivity contribution in [2.24, 2.45) is 0 Å². The van der Waals surface area contributed by atoms with Crippen LogP contribution in [0.2, 0.25) is 0 Å². The molecule has 0 saturated carbocycles.